The van der Waals surface area contributed by atoms with Crippen molar-refractivity contribution in [1.29, 1.82) is 0 Å². The molecule has 0 bridgehead atoms. The summed E-state index contributed by atoms with van der Waals surface area (Å²) in [5.41, 5.74) is 10.2. The molecule has 1 aliphatic rings. The second kappa shape index (κ2) is 7.74. The Balaban J connectivity index is 0.00000133. The summed E-state index contributed by atoms with van der Waals surface area (Å²) in [7, 11) is 0. The number of fused-ring (bicyclic) bond motifs is 1. The molecule has 0 amide bonds. The molecular weight excluding hydrogens is 335 g/mol. The van der Waals surface area contributed by atoms with Crippen LogP contribution < -0.4 is 0 Å². The zero-order chi connectivity index (χ0) is 12.9. The Hall–Kier alpha value is -0.396. The summed E-state index contributed by atoms with van der Waals surface area (Å²) >= 11 is 0. The van der Waals surface area contributed by atoms with Gasteiger partial charge in [-0.15, -0.1) is 30.4 Å². The second-order valence-electron chi connectivity index (χ2n) is 5.38. The molecule has 0 saturated heterocycles. The predicted octanol–water partition coefficient (Wildman–Crippen LogP) is 5.64. The molecule has 1 unspecified atom stereocenters. The maximum atomic E-state index is 2.35. The van der Waals surface area contributed by atoms with Crippen molar-refractivity contribution in [3.05, 3.63) is 69.3 Å². The van der Waals surface area contributed by atoms with Gasteiger partial charge in [-0.25, -0.2) is 0 Å². The van der Waals surface area contributed by atoms with Crippen LogP contribution in [0, 0.1) is 27.7 Å². The van der Waals surface area contributed by atoms with Crippen LogP contribution in [0.2, 0.25) is 0 Å². The maximum Gasteiger partial charge on any atom is 0 e. The minimum Gasteiger partial charge on any atom is -0.196 e. The van der Waals surface area contributed by atoms with Crippen molar-refractivity contribution >= 4 is 30.9 Å². The van der Waals surface area contributed by atoms with E-state index in [0.29, 0.717) is 5.92 Å². The van der Waals surface area contributed by atoms with Crippen LogP contribution in [-0.2, 0) is 21.7 Å². The van der Waals surface area contributed by atoms with Crippen LogP contribution in [-0.4, -0.2) is 0 Å². The van der Waals surface area contributed by atoms with E-state index in [1.807, 2.05) is 0 Å². The second-order valence-corrected chi connectivity index (χ2v) is 5.38. The first-order valence-electron chi connectivity index (χ1n) is 6.61. The first-order chi connectivity index (χ1) is 8.61. The number of rotatable bonds is 1. The van der Waals surface area contributed by atoms with Crippen LogP contribution in [0.5, 0.6) is 0 Å². The van der Waals surface area contributed by atoms with E-state index in [-0.39, 0.29) is 46.5 Å². The van der Waals surface area contributed by atoms with E-state index in [1.54, 1.807) is 0 Å². The van der Waals surface area contributed by atoms with Gasteiger partial charge in [-0.1, -0.05) is 64.1 Å². The average Bonchev–Trinajstić information content (AvgIpc) is 2.87. The molecule has 0 fully saturated rings. The summed E-state index contributed by atoms with van der Waals surface area (Å²) in [6, 6.07) is 8.73. The molecule has 0 nitrogen and oxygen atoms in total. The molecule has 2 aromatic rings. The minimum absolute atomic E-state index is 0. The fourth-order valence-corrected chi connectivity index (χ4v) is 3.22. The van der Waals surface area contributed by atoms with Crippen molar-refractivity contribution in [2.24, 2.45) is 0 Å². The average molecular weight is 356 g/mol. The third-order valence-electron chi connectivity index (χ3n) is 4.61. The molecule has 112 valence electrons. The summed E-state index contributed by atoms with van der Waals surface area (Å²) in [6.07, 6.45) is 4.61. The molecule has 1 atom stereocenters. The molecule has 0 radical (unpaired) electrons. The standard InChI is InChI=1S/C18H19.2ClH.Ti/c1-11-12(2)14(4)18(13(11)3)17-10-9-15-7-5-6-8-16(15)17;;;/h5-10,17H,1-4H3;2*1H;/q-1;;;. The van der Waals surface area contributed by atoms with Crippen LogP contribution >= 0.6 is 24.8 Å². The van der Waals surface area contributed by atoms with E-state index in [9.17, 15) is 0 Å². The molecule has 0 aliphatic heterocycles. The van der Waals surface area contributed by atoms with Crippen molar-refractivity contribution in [3.8, 4) is 0 Å². The third kappa shape index (κ3) is 3.20. The Morgan fingerprint density at radius 2 is 1.38 bits per heavy atom. The van der Waals surface area contributed by atoms with Gasteiger partial charge in [0.25, 0.3) is 0 Å². The molecular formula is C18H21Cl2Ti-. The quantitative estimate of drug-likeness (QED) is 0.458. The Kier molecular flexibility index (Phi) is 7.60. The van der Waals surface area contributed by atoms with Crippen molar-refractivity contribution in [2.75, 3.05) is 0 Å². The van der Waals surface area contributed by atoms with Gasteiger partial charge in [-0.3, -0.25) is 0 Å². The molecule has 1 aliphatic carbocycles. The van der Waals surface area contributed by atoms with Gasteiger partial charge in [0, 0.05) is 21.7 Å². The molecule has 0 saturated carbocycles. The van der Waals surface area contributed by atoms with E-state index in [0.717, 1.165) is 0 Å². The Labute approximate surface area is 155 Å². The summed E-state index contributed by atoms with van der Waals surface area (Å²) in [4.78, 5) is 0. The number of halogens is 2. The van der Waals surface area contributed by atoms with Crippen LogP contribution in [0.3, 0.4) is 0 Å². The predicted molar refractivity (Wildman–Crippen MR) is 92.8 cm³/mol. The zero-order valence-corrected chi connectivity index (χ0v) is 16.1. The number of hydrogen-bond acceptors (Lipinski definition) is 0. The van der Waals surface area contributed by atoms with Crippen LogP contribution in [0.25, 0.3) is 6.08 Å². The van der Waals surface area contributed by atoms with Gasteiger partial charge in [0.05, 0.1) is 0 Å². The van der Waals surface area contributed by atoms with Crippen molar-refractivity contribution in [2.45, 2.75) is 33.6 Å². The van der Waals surface area contributed by atoms with Gasteiger partial charge in [0.15, 0.2) is 0 Å². The summed E-state index contributed by atoms with van der Waals surface area (Å²) in [5.74, 6) is 0.452. The molecule has 2 aromatic carbocycles. The molecule has 0 aromatic heterocycles. The fourth-order valence-electron chi connectivity index (χ4n) is 3.22. The van der Waals surface area contributed by atoms with Gasteiger partial charge in [-0.2, -0.15) is 22.3 Å². The number of allylic oxidation sites excluding steroid dienone is 1. The van der Waals surface area contributed by atoms with E-state index in [2.05, 4.69) is 64.1 Å². The van der Waals surface area contributed by atoms with E-state index in [1.165, 1.54) is 38.9 Å². The first-order valence-corrected chi connectivity index (χ1v) is 6.61. The van der Waals surface area contributed by atoms with Crippen LogP contribution in [0.4, 0.5) is 0 Å². The van der Waals surface area contributed by atoms with Crippen molar-refractivity contribution in [1.82, 2.24) is 0 Å². The van der Waals surface area contributed by atoms with Gasteiger partial charge < -0.3 is 0 Å². The summed E-state index contributed by atoms with van der Waals surface area (Å²) < 4.78 is 0. The third-order valence-corrected chi connectivity index (χ3v) is 4.61. The summed E-state index contributed by atoms with van der Waals surface area (Å²) in [6.45, 7) is 9.01. The SMILES string of the molecule is Cc1c(C)c(C)[c-](C2C=Cc3ccccc32)c1C.Cl.Cl.[Ti]. The van der Waals surface area contributed by atoms with Gasteiger partial charge in [0.1, 0.15) is 0 Å². The molecule has 0 heterocycles. The van der Waals surface area contributed by atoms with Gasteiger partial charge in [-0.05, 0) is 17.0 Å². The Morgan fingerprint density at radius 1 is 0.857 bits per heavy atom. The van der Waals surface area contributed by atoms with Crippen LogP contribution in [0.1, 0.15) is 44.9 Å². The van der Waals surface area contributed by atoms with E-state index < -0.39 is 0 Å². The van der Waals surface area contributed by atoms with Crippen LogP contribution in [0.15, 0.2) is 30.3 Å². The normalized spacial score (nSPS) is 14.8. The fraction of sp³-hybridized carbons (Fsp3) is 0.278. The molecule has 3 heteroatoms. The monoisotopic (exact) mass is 355 g/mol. The van der Waals surface area contributed by atoms with Crippen molar-refractivity contribution in [3.63, 3.8) is 0 Å². The van der Waals surface area contributed by atoms with Gasteiger partial charge >= 0.3 is 0 Å². The van der Waals surface area contributed by atoms with E-state index >= 15 is 0 Å². The minimum atomic E-state index is 0. The first kappa shape index (κ1) is 20.6. The Morgan fingerprint density at radius 3 is 1.95 bits per heavy atom. The zero-order valence-electron chi connectivity index (χ0n) is 12.9. The molecule has 3 rings (SSSR count). The number of hydrogen-bond donors (Lipinski definition) is 0. The Bertz CT molecular complexity index is 628. The topological polar surface area (TPSA) is 0 Å². The summed E-state index contributed by atoms with van der Waals surface area (Å²) in [5, 5.41) is 0. The molecule has 0 spiro atoms. The number of benzene rings is 1. The van der Waals surface area contributed by atoms with E-state index in [4.69, 9.17) is 0 Å². The smallest absolute Gasteiger partial charge is 0 e. The largest absolute Gasteiger partial charge is 0.196 e. The molecule has 21 heavy (non-hydrogen) atoms. The maximum absolute atomic E-state index is 2.35. The van der Waals surface area contributed by atoms with Crippen molar-refractivity contribution < 1.29 is 21.7 Å². The van der Waals surface area contributed by atoms with Gasteiger partial charge in [0.2, 0.25) is 0 Å². The molecule has 0 N–H and O–H groups in total.